The molecule has 2 heteroatoms. The van der Waals surface area contributed by atoms with Crippen molar-refractivity contribution in [3.63, 3.8) is 0 Å². The molecule has 0 bridgehead atoms. The van der Waals surface area contributed by atoms with E-state index in [1.807, 2.05) is 13.8 Å². The summed E-state index contributed by atoms with van der Waals surface area (Å²) < 4.78 is 13.1. The first-order valence-electron chi connectivity index (χ1n) is 3.92. The first-order valence-corrected chi connectivity index (χ1v) is 3.92. The highest BCUT2D eigenvalue weighted by molar-refractivity contribution is 4.90. The number of nitrogens with zero attached hydrogens (tertiary/aromatic N) is 1. The van der Waals surface area contributed by atoms with Crippen molar-refractivity contribution in [2.45, 2.75) is 26.9 Å². The van der Waals surface area contributed by atoms with Crippen LogP contribution in [0, 0.1) is 5.41 Å². The Morgan fingerprint density at radius 2 is 2.20 bits per heavy atom. The first-order chi connectivity index (χ1) is 4.56. The average molecular weight is 145 g/mol. The van der Waals surface area contributed by atoms with Crippen molar-refractivity contribution in [3.05, 3.63) is 0 Å². The molecule has 0 amide bonds. The second-order valence-electron chi connectivity index (χ2n) is 3.78. The van der Waals surface area contributed by atoms with Crippen LogP contribution in [0.4, 0.5) is 4.39 Å². The Bertz CT molecular complexity index is 122. The van der Waals surface area contributed by atoms with Crippen LogP contribution in [0.25, 0.3) is 0 Å². The molecule has 1 aliphatic heterocycles. The predicted molar refractivity (Wildman–Crippen MR) is 40.8 cm³/mol. The van der Waals surface area contributed by atoms with Crippen molar-refractivity contribution in [2.24, 2.45) is 5.41 Å². The number of hydrogen-bond acceptors (Lipinski definition) is 1. The minimum Gasteiger partial charge on any atom is -0.300 e. The van der Waals surface area contributed by atoms with Crippen LogP contribution in [0.15, 0.2) is 0 Å². The zero-order chi connectivity index (χ0) is 7.78. The molecule has 1 unspecified atom stereocenters. The Hall–Kier alpha value is -0.110. The summed E-state index contributed by atoms with van der Waals surface area (Å²) in [6.45, 7) is 8.58. The predicted octanol–water partition coefficient (Wildman–Crippen LogP) is 1.69. The van der Waals surface area contributed by atoms with Gasteiger partial charge < -0.3 is 4.90 Å². The van der Waals surface area contributed by atoms with Gasteiger partial charge in [-0.05, 0) is 6.54 Å². The molecule has 0 aromatic rings. The third-order valence-corrected chi connectivity index (χ3v) is 2.34. The number of halogens is 1. The lowest BCUT2D eigenvalue weighted by Crippen LogP contribution is -2.24. The van der Waals surface area contributed by atoms with E-state index in [0.29, 0.717) is 6.54 Å². The van der Waals surface area contributed by atoms with Crippen LogP contribution in [0.3, 0.4) is 0 Å². The van der Waals surface area contributed by atoms with Crippen LogP contribution in [0.1, 0.15) is 20.8 Å². The summed E-state index contributed by atoms with van der Waals surface area (Å²) in [4.78, 5) is 2.16. The van der Waals surface area contributed by atoms with Gasteiger partial charge in [0.1, 0.15) is 6.17 Å². The fourth-order valence-electron chi connectivity index (χ4n) is 1.45. The minimum atomic E-state index is -0.632. The lowest BCUT2D eigenvalue weighted by atomic mass is 9.91. The Labute approximate surface area is 62.2 Å². The molecule has 0 N–H and O–H groups in total. The Balaban J connectivity index is 2.53. The summed E-state index contributed by atoms with van der Waals surface area (Å²) in [6, 6.07) is 0. The molecule has 10 heavy (non-hydrogen) atoms. The van der Waals surface area contributed by atoms with E-state index >= 15 is 0 Å². The molecule has 0 aromatic carbocycles. The van der Waals surface area contributed by atoms with Gasteiger partial charge in [0, 0.05) is 18.5 Å². The molecule has 1 fully saturated rings. The Morgan fingerprint density at radius 1 is 1.60 bits per heavy atom. The molecule has 1 heterocycles. The van der Waals surface area contributed by atoms with Crippen LogP contribution in [0.2, 0.25) is 0 Å². The lowest BCUT2D eigenvalue weighted by Gasteiger charge is -2.19. The summed E-state index contributed by atoms with van der Waals surface area (Å²) in [5.41, 5.74) is -0.115. The number of hydrogen-bond donors (Lipinski definition) is 0. The molecule has 1 nitrogen and oxygen atoms in total. The van der Waals surface area contributed by atoms with Gasteiger partial charge in [0.05, 0.1) is 0 Å². The summed E-state index contributed by atoms with van der Waals surface area (Å²) in [5, 5.41) is 0. The van der Waals surface area contributed by atoms with Gasteiger partial charge in [-0.15, -0.1) is 0 Å². The summed E-state index contributed by atoms with van der Waals surface area (Å²) in [5.74, 6) is 0. The normalized spacial score (nSPS) is 33.0. The number of alkyl halides is 1. The highest BCUT2D eigenvalue weighted by atomic mass is 19.1. The van der Waals surface area contributed by atoms with Gasteiger partial charge in [-0.25, -0.2) is 4.39 Å². The topological polar surface area (TPSA) is 3.24 Å². The van der Waals surface area contributed by atoms with Crippen molar-refractivity contribution < 1.29 is 4.39 Å². The van der Waals surface area contributed by atoms with E-state index in [0.717, 1.165) is 13.1 Å². The van der Waals surface area contributed by atoms with E-state index in [9.17, 15) is 4.39 Å². The molecule has 60 valence electrons. The zero-order valence-electron chi connectivity index (χ0n) is 7.02. The first kappa shape index (κ1) is 7.99. The van der Waals surface area contributed by atoms with Gasteiger partial charge in [0.15, 0.2) is 0 Å². The summed E-state index contributed by atoms with van der Waals surface area (Å²) >= 11 is 0. The minimum absolute atomic E-state index is 0.115. The number of rotatable bonds is 1. The second-order valence-corrected chi connectivity index (χ2v) is 3.78. The fourth-order valence-corrected chi connectivity index (χ4v) is 1.45. The zero-order valence-corrected chi connectivity index (χ0v) is 7.02. The summed E-state index contributed by atoms with van der Waals surface area (Å²) in [7, 11) is 0. The van der Waals surface area contributed by atoms with Gasteiger partial charge in [0.25, 0.3) is 0 Å². The number of likely N-dealkylation sites (tertiary alicyclic amines) is 1. The molecule has 1 aliphatic rings. The van der Waals surface area contributed by atoms with Crippen molar-refractivity contribution in [2.75, 3.05) is 19.6 Å². The van der Waals surface area contributed by atoms with Crippen molar-refractivity contribution in [3.8, 4) is 0 Å². The highest BCUT2D eigenvalue weighted by Crippen LogP contribution is 2.31. The third-order valence-electron chi connectivity index (χ3n) is 2.34. The lowest BCUT2D eigenvalue weighted by molar-refractivity contribution is 0.203. The largest absolute Gasteiger partial charge is 0.300 e. The molecule has 1 atom stereocenters. The van der Waals surface area contributed by atoms with Crippen molar-refractivity contribution >= 4 is 0 Å². The maximum absolute atomic E-state index is 13.1. The van der Waals surface area contributed by atoms with Crippen LogP contribution in [0.5, 0.6) is 0 Å². The monoisotopic (exact) mass is 145 g/mol. The molecule has 0 aromatic heterocycles. The van der Waals surface area contributed by atoms with Crippen LogP contribution in [-0.2, 0) is 0 Å². The molecule has 0 radical (unpaired) electrons. The van der Waals surface area contributed by atoms with E-state index in [4.69, 9.17) is 0 Å². The molecule has 0 spiro atoms. The third kappa shape index (κ3) is 1.31. The Kier molecular flexibility index (Phi) is 1.99. The summed E-state index contributed by atoms with van der Waals surface area (Å²) in [6.07, 6.45) is -0.632. The van der Waals surface area contributed by atoms with Gasteiger partial charge in [0.2, 0.25) is 0 Å². The molecule has 1 saturated heterocycles. The molecule has 0 aliphatic carbocycles. The van der Waals surface area contributed by atoms with E-state index < -0.39 is 6.17 Å². The smallest absolute Gasteiger partial charge is 0.119 e. The van der Waals surface area contributed by atoms with Crippen LogP contribution >= 0.6 is 0 Å². The maximum Gasteiger partial charge on any atom is 0.119 e. The van der Waals surface area contributed by atoms with Crippen molar-refractivity contribution in [1.82, 2.24) is 4.90 Å². The van der Waals surface area contributed by atoms with E-state index in [1.54, 1.807) is 0 Å². The molecule has 0 saturated carbocycles. The molecule has 1 rings (SSSR count). The van der Waals surface area contributed by atoms with Gasteiger partial charge >= 0.3 is 0 Å². The molecular formula is C8H16FN. The van der Waals surface area contributed by atoms with Gasteiger partial charge in [-0.2, -0.15) is 0 Å². The van der Waals surface area contributed by atoms with E-state index in [1.165, 1.54) is 0 Å². The van der Waals surface area contributed by atoms with E-state index in [2.05, 4.69) is 11.8 Å². The highest BCUT2D eigenvalue weighted by Gasteiger charge is 2.38. The van der Waals surface area contributed by atoms with Crippen LogP contribution < -0.4 is 0 Å². The Morgan fingerprint density at radius 3 is 2.40 bits per heavy atom. The molecular weight excluding hydrogens is 129 g/mol. The van der Waals surface area contributed by atoms with E-state index in [-0.39, 0.29) is 5.41 Å². The van der Waals surface area contributed by atoms with Gasteiger partial charge in [-0.1, -0.05) is 20.8 Å². The second kappa shape index (κ2) is 2.50. The van der Waals surface area contributed by atoms with Gasteiger partial charge in [-0.3, -0.25) is 0 Å². The maximum atomic E-state index is 13.1. The van der Waals surface area contributed by atoms with Crippen molar-refractivity contribution in [1.29, 1.82) is 0 Å². The van der Waals surface area contributed by atoms with Crippen LogP contribution in [-0.4, -0.2) is 30.7 Å². The SMILES string of the molecule is CCN1CC(F)C(C)(C)C1. The quantitative estimate of drug-likeness (QED) is 0.542. The average Bonchev–Trinajstić information content (AvgIpc) is 2.08. The standard InChI is InChI=1S/C8H16FN/c1-4-10-5-7(9)8(2,3)6-10/h7H,4-6H2,1-3H3. The fraction of sp³-hybridized carbons (Fsp3) is 1.00.